The number of fused-ring (bicyclic) bond motifs is 1. The number of para-hydroxylation sites is 1. The lowest BCUT2D eigenvalue weighted by Crippen LogP contribution is -2.42. The fourth-order valence-corrected chi connectivity index (χ4v) is 3.13. The Kier molecular flexibility index (Phi) is 4.03. The number of anilines is 1. The van der Waals surface area contributed by atoms with Crippen LogP contribution in [0.3, 0.4) is 0 Å². The van der Waals surface area contributed by atoms with Crippen LogP contribution in [0.5, 0.6) is 0 Å². The molecule has 4 heteroatoms. The molecule has 2 unspecified atom stereocenters. The molecule has 20 heavy (non-hydrogen) atoms. The summed E-state index contributed by atoms with van der Waals surface area (Å²) < 4.78 is 5.65. The van der Waals surface area contributed by atoms with Crippen molar-refractivity contribution in [1.29, 1.82) is 0 Å². The molecule has 0 saturated carbocycles. The molecule has 3 rings (SSSR count). The molecule has 2 heterocycles. The number of nitrogens with zero attached hydrogens (tertiary/aromatic N) is 1. The first kappa shape index (κ1) is 13.6. The highest BCUT2D eigenvalue weighted by atomic mass is 16.5. The monoisotopic (exact) mass is 274 g/mol. The van der Waals surface area contributed by atoms with E-state index >= 15 is 0 Å². The van der Waals surface area contributed by atoms with Gasteiger partial charge in [0.15, 0.2) is 0 Å². The van der Waals surface area contributed by atoms with Crippen LogP contribution in [-0.4, -0.2) is 25.2 Å². The standard InChI is InChI=1S/C16H22N2O2/c17-13-7-5-10-18(14-8-2-1-6-12(13)14)16(19)15-9-3-4-11-20-15/h1-2,6,8,13,15H,3-5,7,9-11,17H2. The van der Waals surface area contributed by atoms with E-state index in [-0.39, 0.29) is 18.1 Å². The summed E-state index contributed by atoms with van der Waals surface area (Å²) in [5, 5.41) is 0. The van der Waals surface area contributed by atoms with E-state index < -0.39 is 0 Å². The van der Waals surface area contributed by atoms with Crippen LogP contribution in [-0.2, 0) is 9.53 Å². The molecular weight excluding hydrogens is 252 g/mol. The number of ether oxygens (including phenoxy) is 1. The minimum Gasteiger partial charge on any atom is -0.368 e. The van der Waals surface area contributed by atoms with Crippen molar-refractivity contribution in [2.75, 3.05) is 18.1 Å². The third-order valence-corrected chi connectivity index (χ3v) is 4.25. The maximum atomic E-state index is 12.7. The molecule has 1 amide bonds. The number of amides is 1. The molecule has 0 bridgehead atoms. The predicted octanol–water partition coefficient (Wildman–Crippen LogP) is 2.38. The quantitative estimate of drug-likeness (QED) is 0.855. The van der Waals surface area contributed by atoms with Gasteiger partial charge in [0.2, 0.25) is 0 Å². The first-order valence-corrected chi connectivity index (χ1v) is 7.55. The van der Waals surface area contributed by atoms with Crippen LogP contribution < -0.4 is 10.6 Å². The van der Waals surface area contributed by atoms with E-state index in [0.29, 0.717) is 6.61 Å². The summed E-state index contributed by atoms with van der Waals surface area (Å²) in [7, 11) is 0. The Balaban J connectivity index is 1.88. The van der Waals surface area contributed by atoms with Gasteiger partial charge in [0.1, 0.15) is 6.10 Å². The van der Waals surface area contributed by atoms with Crippen LogP contribution in [0.15, 0.2) is 24.3 Å². The molecular formula is C16H22N2O2. The maximum absolute atomic E-state index is 12.7. The van der Waals surface area contributed by atoms with E-state index in [2.05, 4.69) is 0 Å². The number of hydrogen-bond acceptors (Lipinski definition) is 3. The average molecular weight is 274 g/mol. The van der Waals surface area contributed by atoms with Gasteiger partial charge in [-0.2, -0.15) is 0 Å². The lowest BCUT2D eigenvalue weighted by molar-refractivity contribution is -0.132. The second-order valence-electron chi connectivity index (χ2n) is 5.65. The van der Waals surface area contributed by atoms with E-state index in [4.69, 9.17) is 10.5 Å². The van der Waals surface area contributed by atoms with E-state index in [1.165, 1.54) is 0 Å². The number of rotatable bonds is 1. The average Bonchev–Trinajstić information content (AvgIpc) is 2.67. The highest BCUT2D eigenvalue weighted by molar-refractivity contribution is 5.97. The molecule has 108 valence electrons. The van der Waals surface area contributed by atoms with Crippen LogP contribution in [0, 0.1) is 0 Å². The van der Waals surface area contributed by atoms with Crippen LogP contribution in [0.4, 0.5) is 5.69 Å². The molecule has 0 aliphatic carbocycles. The number of benzene rings is 1. The summed E-state index contributed by atoms with van der Waals surface area (Å²) in [5.74, 6) is 0.103. The van der Waals surface area contributed by atoms with Crippen LogP contribution in [0.1, 0.15) is 43.7 Å². The molecule has 1 saturated heterocycles. The van der Waals surface area contributed by atoms with E-state index in [1.54, 1.807) is 0 Å². The molecule has 1 aromatic carbocycles. The lowest BCUT2D eigenvalue weighted by Gasteiger charge is -2.29. The predicted molar refractivity (Wildman–Crippen MR) is 78.5 cm³/mol. The van der Waals surface area contributed by atoms with Crippen molar-refractivity contribution in [2.24, 2.45) is 5.73 Å². The fourth-order valence-electron chi connectivity index (χ4n) is 3.13. The van der Waals surface area contributed by atoms with E-state index in [0.717, 1.165) is 49.9 Å². The van der Waals surface area contributed by atoms with Gasteiger partial charge in [-0.3, -0.25) is 4.79 Å². The van der Waals surface area contributed by atoms with Crippen molar-refractivity contribution < 1.29 is 9.53 Å². The normalized spacial score (nSPS) is 26.8. The molecule has 2 aliphatic rings. The number of carbonyl (C=O) groups excluding carboxylic acids is 1. The summed E-state index contributed by atoms with van der Waals surface area (Å²) >= 11 is 0. The molecule has 0 aromatic heterocycles. The Morgan fingerprint density at radius 1 is 1.20 bits per heavy atom. The summed E-state index contributed by atoms with van der Waals surface area (Å²) in [5.41, 5.74) is 8.27. The van der Waals surface area contributed by atoms with Gasteiger partial charge in [0.25, 0.3) is 5.91 Å². The zero-order valence-electron chi connectivity index (χ0n) is 11.8. The SMILES string of the molecule is NC1CCCN(C(=O)C2CCCCO2)c2ccccc21. The Labute approximate surface area is 119 Å². The minimum absolute atomic E-state index is 0.0243. The van der Waals surface area contributed by atoms with Gasteiger partial charge in [0.05, 0.1) is 0 Å². The Hall–Kier alpha value is -1.39. The summed E-state index contributed by atoms with van der Waals surface area (Å²) in [6.07, 6.45) is 4.56. The summed E-state index contributed by atoms with van der Waals surface area (Å²) in [6, 6.07) is 8.02. The molecule has 2 aliphatic heterocycles. The van der Waals surface area contributed by atoms with Crippen LogP contribution >= 0.6 is 0 Å². The van der Waals surface area contributed by atoms with Crippen molar-refractivity contribution >= 4 is 11.6 Å². The largest absolute Gasteiger partial charge is 0.368 e. The van der Waals surface area contributed by atoms with Gasteiger partial charge in [-0.15, -0.1) is 0 Å². The van der Waals surface area contributed by atoms with Crippen molar-refractivity contribution in [3.05, 3.63) is 29.8 Å². The minimum atomic E-state index is -0.272. The summed E-state index contributed by atoms with van der Waals surface area (Å²) in [4.78, 5) is 14.6. The molecule has 4 nitrogen and oxygen atoms in total. The van der Waals surface area contributed by atoms with Gasteiger partial charge >= 0.3 is 0 Å². The summed E-state index contributed by atoms with van der Waals surface area (Å²) in [6.45, 7) is 1.44. The van der Waals surface area contributed by atoms with Crippen LogP contribution in [0.25, 0.3) is 0 Å². The van der Waals surface area contributed by atoms with Gasteiger partial charge in [-0.05, 0) is 43.7 Å². The molecule has 0 radical (unpaired) electrons. The number of hydrogen-bond donors (Lipinski definition) is 1. The zero-order chi connectivity index (χ0) is 13.9. The number of nitrogens with two attached hydrogens (primary N) is 1. The van der Waals surface area contributed by atoms with Crippen molar-refractivity contribution in [2.45, 2.75) is 44.2 Å². The second-order valence-corrected chi connectivity index (χ2v) is 5.65. The van der Waals surface area contributed by atoms with E-state index in [9.17, 15) is 4.79 Å². The Bertz CT molecular complexity index is 483. The topological polar surface area (TPSA) is 55.6 Å². The molecule has 1 aromatic rings. The van der Waals surface area contributed by atoms with Gasteiger partial charge in [-0.1, -0.05) is 18.2 Å². The van der Waals surface area contributed by atoms with Crippen LogP contribution in [0.2, 0.25) is 0 Å². The number of carbonyl (C=O) groups is 1. The van der Waals surface area contributed by atoms with Gasteiger partial charge in [-0.25, -0.2) is 0 Å². The molecule has 2 N–H and O–H groups in total. The lowest BCUT2D eigenvalue weighted by atomic mass is 10.0. The highest BCUT2D eigenvalue weighted by Gasteiger charge is 2.30. The third-order valence-electron chi connectivity index (χ3n) is 4.25. The fraction of sp³-hybridized carbons (Fsp3) is 0.562. The second kappa shape index (κ2) is 5.94. The molecule has 2 atom stereocenters. The van der Waals surface area contributed by atoms with Gasteiger partial charge in [0, 0.05) is 24.9 Å². The molecule has 0 spiro atoms. The van der Waals surface area contributed by atoms with Crippen molar-refractivity contribution in [3.8, 4) is 0 Å². The van der Waals surface area contributed by atoms with Crippen molar-refractivity contribution in [1.82, 2.24) is 0 Å². The van der Waals surface area contributed by atoms with E-state index in [1.807, 2.05) is 29.2 Å². The van der Waals surface area contributed by atoms with Crippen molar-refractivity contribution in [3.63, 3.8) is 0 Å². The Morgan fingerprint density at radius 2 is 2.05 bits per heavy atom. The van der Waals surface area contributed by atoms with Gasteiger partial charge < -0.3 is 15.4 Å². The first-order valence-electron chi connectivity index (χ1n) is 7.55. The Morgan fingerprint density at radius 3 is 2.85 bits per heavy atom. The first-order chi connectivity index (χ1) is 9.77. The third kappa shape index (κ3) is 2.58. The zero-order valence-corrected chi connectivity index (χ0v) is 11.8. The molecule has 1 fully saturated rings. The smallest absolute Gasteiger partial charge is 0.256 e. The maximum Gasteiger partial charge on any atom is 0.256 e. The highest BCUT2D eigenvalue weighted by Crippen LogP contribution is 2.32.